The zero-order chi connectivity index (χ0) is 23.4. The second-order valence-electron chi connectivity index (χ2n) is 9.39. The molecule has 3 aliphatic rings. The zero-order valence-corrected chi connectivity index (χ0v) is 20.4. The molecule has 0 spiro atoms. The molecule has 8 nitrogen and oxygen atoms in total. The molecule has 0 N–H and O–H groups in total. The summed E-state index contributed by atoms with van der Waals surface area (Å²) in [5, 5.41) is 0. The number of imidazole rings is 1. The molecular formula is C24H29FN5O3P. The van der Waals surface area contributed by atoms with E-state index in [1.807, 2.05) is 32.0 Å². The Morgan fingerprint density at radius 2 is 2.06 bits per heavy atom. The van der Waals surface area contributed by atoms with Gasteiger partial charge in [-0.25, -0.2) is 24.0 Å². The number of aryl methyl sites for hydroxylation is 1. The largest absolute Gasteiger partial charge is 0.349 e. The van der Waals surface area contributed by atoms with Crippen molar-refractivity contribution in [1.82, 2.24) is 24.2 Å². The summed E-state index contributed by atoms with van der Waals surface area (Å²) >= 11 is 0. The molecule has 0 saturated carbocycles. The van der Waals surface area contributed by atoms with Gasteiger partial charge in [0.05, 0.1) is 24.2 Å². The third-order valence-corrected chi connectivity index (χ3v) is 9.24. The molecule has 180 valence electrons. The van der Waals surface area contributed by atoms with Crippen LogP contribution in [0.15, 0.2) is 43.0 Å². The van der Waals surface area contributed by atoms with Crippen molar-refractivity contribution in [2.45, 2.75) is 76.3 Å². The van der Waals surface area contributed by atoms with Crippen LogP contribution in [0.3, 0.4) is 0 Å². The van der Waals surface area contributed by atoms with Gasteiger partial charge in [-0.05, 0) is 38.7 Å². The molecule has 0 amide bonds. The van der Waals surface area contributed by atoms with E-state index in [1.54, 1.807) is 10.9 Å². The summed E-state index contributed by atoms with van der Waals surface area (Å²) in [6, 6.07) is 10.5. The van der Waals surface area contributed by atoms with Gasteiger partial charge in [0.25, 0.3) is 8.53 Å². The van der Waals surface area contributed by atoms with Crippen LogP contribution < -0.4 is 0 Å². The predicted octanol–water partition coefficient (Wildman–Crippen LogP) is 4.80. The monoisotopic (exact) mass is 485 g/mol. The first-order valence-corrected chi connectivity index (χ1v) is 13.1. The Bertz CT molecular complexity index is 1180. The maximum absolute atomic E-state index is 16.0. The lowest BCUT2D eigenvalue weighted by atomic mass is 9.87. The van der Waals surface area contributed by atoms with E-state index in [1.165, 1.54) is 6.33 Å². The SMILES string of the molecule is CC[C@H]1O[C@@H](n2cnc3c(C)ncnc32)C(F)[C@H]1O[P@@]1O[C@](C)(c2ccccc2)[C@@H]2CCCN21. The van der Waals surface area contributed by atoms with Crippen LogP contribution in [-0.2, 0) is 19.4 Å². The minimum atomic E-state index is -1.42. The van der Waals surface area contributed by atoms with Gasteiger partial charge in [0.15, 0.2) is 18.0 Å². The maximum Gasteiger partial charge on any atom is 0.260 e. The van der Waals surface area contributed by atoms with Gasteiger partial charge >= 0.3 is 0 Å². The molecule has 3 fully saturated rings. The van der Waals surface area contributed by atoms with Crippen molar-refractivity contribution >= 4 is 19.7 Å². The fraction of sp³-hybridized carbons (Fsp3) is 0.542. The van der Waals surface area contributed by atoms with Crippen molar-refractivity contribution in [3.8, 4) is 0 Å². The number of aromatic nitrogens is 4. The van der Waals surface area contributed by atoms with E-state index in [0.29, 0.717) is 17.6 Å². The molecule has 10 heteroatoms. The van der Waals surface area contributed by atoms with Gasteiger partial charge in [0.1, 0.15) is 23.5 Å². The van der Waals surface area contributed by atoms with Crippen LogP contribution in [0, 0.1) is 6.92 Å². The topological polar surface area (TPSA) is 74.5 Å². The number of nitrogens with zero attached hydrogens (tertiary/aromatic N) is 5. The van der Waals surface area contributed by atoms with Crippen LogP contribution in [0.1, 0.15) is 50.6 Å². The number of halogens is 1. The van der Waals surface area contributed by atoms with Crippen molar-refractivity contribution in [1.29, 1.82) is 0 Å². The number of fused-ring (bicyclic) bond motifs is 2. The van der Waals surface area contributed by atoms with Crippen LogP contribution >= 0.6 is 8.53 Å². The van der Waals surface area contributed by atoms with Gasteiger partial charge in [-0.2, -0.15) is 0 Å². The van der Waals surface area contributed by atoms with E-state index < -0.39 is 38.7 Å². The van der Waals surface area contributed by atoms with E-state index in [4.69, 9.17) is 13.8 Å². The Labute approximate surface area is 199 Å². The Morgan fingerprint density at radius 1 is 1.24 bits per heavy atom. The molecular weight excluding hydrogens is 456 g/mol. The summed E-state index contributed by atoms with van der Waals surface area (Å²) < 4.78 is 39.2. The molecule has 6 rings (SSSR count). The van der Waals surface area contributed by atoms with Crippen molar-refractivity contribution in [2.75, 3.05) is 6.54 Å². The van der Waals surface area contributed by atoms with E-state index in [9.17, 15) is 0 Å². The Balaban J connectivity index is 1.27. The van der Waals surface area contributed by atoms with Gasteiger partial charge in [-0.3, -0.25) is 4.57 Å². The normalized spacial score (nSPS) is 35.9. The van der Waals surface area contributed by atoms with Crippen molar-refractivity contribution in [3.63, 3.8) is 0 Å². The lowest BCUT2D eigenvalue weighted by Crippen LogP contribution is -2.36. The van der Waals surface area contributed by atoms with Crippen molar-refractivity contribution in [2.24, 2.45) is 0 Å². The summed E-state index contributed by atoms with van der Waals surface area (Å²) in [6.45, 7) is 6.88. The van der Waals surface area contributed by atoms with Crippen molar-refractivity contribution < 1.29 is 18.2 Å². The molecule has 0 aliphatic carbocycles. The highest BCUT2D eigenvalue weighted by Crippen LogP contribution is 2.64. The molecule has 5 heterocycles. The zero-order valence-electron chi connectivity index (χ0n) is 19.5. The van der Waals surface area contributed by atoms with Crippen LogP contribution in [0.4, 0.5) is 4.39 Å². The number of alkyl halides is 1. The average Bonchev–Trinajstić information content (AvgIpc) is 3.61. The molecule has 0 bridgehead atoms. The van der Waals surface area contributed by atoms with Crippen LogP contribution in [0.2, 0.25) is 0 Å². The third kappa shape index (κ3) is 3.40. The standard InChI is InChI=1S/C24H29FN5O3P/c1-4-17-21(19(25)23(31-17)29-14-28-20-15(2)26-13-27-22(20)29)32-34-30-12-8-11-18(30)24(3,33-34)16-9-6-5-7-10-16/h5-7,9-10,13-14,17-19,21,23H,4,8,11-12H2,1-3H3/t17-,18+,19?,21+,23-,24-,34+/m1/s1. The summed E-state index contributed by atoms with van der Waals surface area (Å²) in [4.78, 5) is 12.9. The summed E-state index contributed by atoms with van der Waals surface area (Å²) in [7, 11) is -1.42. The predicted molar refractivity (Wildman–Crippen MR) is 126 cm³/mol. The quantitative estimate of drug-likeness (QED) is 0.481. The molecule has 1 unspecified atom stereocenters. The molecule has 3 aliphatic heterocycles. The van der Waals surface area contributed by atoms with Crippen LogP contribution in [0.5, 0.6) is 0 Å². The molecule has 0 radical (unpaired) electrons. The number of benzene rings is 1. The summed E-state index contributed by atoms with van der Waals surface area (Å²) in [6.07, 6.45) is 2.43. The molecule has 1 aromatic carbocycles. The van der Waals surface area contributed by atoms with Gasteiger partial charge in [-0.15, -0.1) is 0 Å². The van der Waals surface area contributed by atoms with Gasteiger partial charge in [-0.1, -0.05) is 37.3 Å². The molecule has 3 aromatic rings. The van der Waals surface area contributed by atoms with E-state index in [2.05, 4.69) is 38.7 Å². The second-order valence-corrected chi connectivity index (χ2v) is 10.8. The minimum Gasteiger partial charge on any atom is -0.349 e. The Kier molecular flexibility index (Phi) is 5.66. The fourth-order valence-corrected chi connectivity index (χ4v) is 7.66. The smallest absolute Gasteiger partial charge is 0.260 e. The first kappa shape index (κ1) is 22.4. The number of hydrogen-bond acceptors (Lipinski definition) is 7. The fourth-order valence-electron chi connectivity index (χ4n) is 5.51. The van der Waals surface area contributed by atoms with Gasteiger partial charge < -0.3 is 13.8 Å². The second kappa shape index (κ2) is 8.57. The Morgan fingerprint density at radius 3 is 2.85 bits per heavy atom. The van der Waals surface area contributed by atoms with Crippen molar-refractivity contribution in [3.05, 3.63) is 54.2 Å². The Hall–Kier alpha value is -2.03. The molecule has 7 atom stereocenters. The molecule has 34 heavy (non-hydrogen) atoms. The lowest BCUT2D eigenvalue weighted by molar-refractivity contribution is -0.0228. The highest BCUT2D eigenvalue weighted by molar-refractivity contribution is 7.45. The average molecular weight is 486 g/mol. The number of hydrogen-bond donors (Lipinski definition) is 0. The number of ether oxygens (including phenoxy) is 1. The van der Waals surface area contributed by atoms with E-state index >= 15 is 4.39 Å². The molecule has 3 saturated heterocycles. The first-order chi connectivity index (χ1) is 16.5. The van der Waals surface area contributed by atoms with E-state index in [-0.39, 0.29) is 6.04 Å². The first-order valence-electron chi connectivity index (χ1n) is 11.9. The van der Waals surface area contributed by atoms with Crippen LogP contribution in [-0.4, -0.2) is 55.2 Å². The van der Waals surface area contributed by atoms with Gasteiger partial charge in [0.2, 0.25) is 0 Å². The maximum atomic E-state index is 16.0. The lowest BCUT2D eigenvalue weighted by Gasteiger charge is -2.29. The number of rotatable bonds is 5. The highest BCUT2D eigenvalue weighted by Gasteiger charge is 2.57. The summed E-state index contributed by atoms with van der Waals surface area (Å²) in [5.41, 5.74) is 2.61. The minimum absolute atomic E-state index is 0.217. The highest BCUT2D eigenvalue weighted by atomic mass is 31.2. The van der Waals surface area contributed by atoms with Crippen LogP contribution in [0.25, 0.3) is 11.2 Å². The summed E-state index contributed by atoms with van der Waals surface area (Å²) in [5.74, 6) is 0. The third-order valence-electron chi connectivity index (χ3n) is 7.38. The molecule has 2 aromatic heterocycles. The van der Waals surface area contributed by atoms with Gasteiger partial charge in [0, 0.05) is 6.54 Å². The van der Waals surface area contributed by atoms with E-state index in [0.717, 1.165) is 30.6 Å².